The summed E-state index contributed by atoms with van der Waals surface area (Å²) >= 11 is 0. The molecule has 2 aromatic carbocycles. The summed E-state index contributed by atoms with van der Waals surface area (Å²) in [7, 11) is -3.40. The van der Waals surface area contributed by atoms with Crippen LogP contribution in [0.3, 0.4) is 0 Å². The molecule has 0 radical (unpaired) electrons. The van der Waals surface area contributed by atoms with Crippen LogP contribution in [0.4, 0.5) is 5.69 Å². The van der Waals surface area contributed by atoms with Crippen LogP contribution in [0.1, 0.15) is 11.1 Å². The molecule has 1 saturated heterocycles. The summed E-state index contributed by atoms with van der Waals surface area (Å²) in [5.74, 6) is 0. The molecule has 1 aliphatic heterocycles. The Morgan fingerprint density at radius 3 is 2.24 bits per heavy atom. The van der Waals surface area contributed by atoms with Crippen LogP contribution in [0, 0.1) is 6.92 Å². The van der Waals surface area contributed by atoms with Gasteiger partial charge in [0.1, 0.15) is 0 Å². The van der Waals surface area contributed by atoms with Gasteiger partial charge >= 0.3 is 0 Å². The molecule has 1 heterocycles. The van der Waals surface area contributed by atoms with Crippen LogP contribution in [-0.2, 0) is 16.6 Å². The number of nitrogens with two attached hydrogens (primary N) is 1. The number of nitrogens with zero attached hydrogens (tertiary/aromatic N) is 2. The number of anilines is 1. The van der Waals surface area contributed by atoms with Crippen molar-refractivity contribution in [3.8, 4) is 0 Å². The van der Waals surface area contributed by atoms with Crippen LogP contribution in [0.25, 0.3) is 0 Å². The Balaban J connectivity index is 0.00000225. The van der Waals surface area contributed by atoms with E-state index in [4.69, 9.17) is 5.73 Å². The van der Waals surface area contributed by atoms with Gasteiger partial charge < -0.3 is 5.73 Å². The molecule has 2 N–H and O–H groups in total. The predicted octanol–water partition coefficient (Wildman–Crippen LogP) is 2.51. The highest BCUT2D eigenvalue weighted by atomic mass is 35.5. The maximum Gasteiger partial charge on any atom is 0.243 e. The first-order valence-corrected chi connectivity index (χ1v) is 9.53. The summed E-state index contributed by atoms with van der Waals surface area (Å²) in [5.41, 5.74) is 8.78. The van der Waals surface area contributed by atoms with E-state index in [0.717, 1.165) is 36.4 Å². The van der Waals surface area contributed by atoms with Crippen LogP contribution in [-0.4, -0.2) is 43.8 Å². The minimum absolute atomic E-state index is 0. The number of benzene rings is 2. The minimum Gasteiger partial charge on any atom is -0.399 e. The minimum atomic E-state index is -3.40. The van der Waals surface area contributed by atoms with E-state index in [9.17, 15) is 8.42 Å². The molecule has 0 spiro atoms. The first kappa shape index (κ1) is 19.7. The molecule has 2 aromatic rings. The van der Waals surface area contributed by atoms with Gasteiger partial charge in [0.05, 0.1) is 4.90 Å². The van der Waals surface area contributed by atoms with Crippen LogP contribution in [0.2, 0.25) is 0 Å². The van der Waals surface area contributed by atoms with Crippen molar-refractivity contribution in [1.82, 2.24) is 9.21 Å². The summed E-state index contributed by atoms with van der Waals surface area (Å²) in [6, 6.07) is 14.9. The normalized spacial score (nSPS) is 16.4. The molecule has 0 aromatic heterocycles. The third-order valence-electron chi connectivity index (χ3n) is 4.35. The SMILES string of the molecule is Cc1ccc(S(=O)(=O)N2CCN(Cc3cccc(N)c3)CC2)cc1.Cl. The number of halogens is 1. The highest BCUT2D eigenvalue weighted by molar-refractivity contribution is 7.89. The van der Waals surface area contributed by atoms with Gasteiger partial charge in [-0.25, -0.2) is 8.42 Å². The second-order valence-electron chi connectivity index (χ2n) is 6.24. The maximum atomic E-state index is 12.7. The topological polar surface area (TPSA) is 66.6 Å². The largest absolute Gasteiger partial charge is 0.399 e. The zero-order chi connectivity index (χ0) is 17.2. The molecule has 0 atom stereocenters. The first-order chi connectivity index (χ1) is 11.4. The highest BCUT2D eigenvalue weighted by Crippen LogP contribution is 2.19. The Morgan fingerprint density at radius 2 is 1.64 bits per heavy atom. The van der Waals surface area contributed by atoms with Crippen LogP contribution in [0.5, 0.6) is 0 Å². The number of piperazine rings is 1. The van der Waals surface area contributed by atoms with E-state index in [2.05, 4.69) is 4.90 Å². The third-order valence-corrected chi connectivity index (χ3v) is 6.26. The van der Waals surface area contributed by atoms with Gasteiger partial charge in [-0.15, -0.1) is 12.4 Å². The lowest BCUT2D eigenvalue weighted by molar-refractivity contribution is 0.181. The van der Waals surface area contributed by atoms with E-state index in [1.807, 2.05) is 43.3 Å². The molecule has 136 valence electrons. The Bertz CT molecular complexity index is 801. The van der Waals surface area contributed by atoms with Crippen molar-refractivity contribution in [2.24, 2.45) is 0 Å². The lowest BCUT2D eigenvalue weighted by Crippen LogP contribution is -2.48. The third kappa shape index (κ3) is 4.73. The van der Waals surface area contributed by atoms with Crippen LogP contribution in [0.15, 0.2) is 53.4 Å². The summed E-state index contributed by atoms with van der Waals surface area (Å²) < 4.78 is 27.0. The fourth-order valence-corrected chi connectivity index (χ4v) is 4.36. The lowest BCUT2D eigenvalue weighted by atomic mass is 10.2. The molecule has 0 bridgehead atoms. The molecule has 7 heteroatoms. The predicted molar refractivity (Wildman–Crippen MR) is 103 cm³/mol. The van der Waals surface area contributed by atoms with Crippen molar-refractivity contribution < 1.29 is 8.42 Å². The van der Waals surface area contributed by atoms with Gasteiger partial charge in [-0.2, -0.15) is 4.31 Å². The number of nitrogen functional groups attached to an aromatic ring is 1. The molecule has 0 saturated carbocycles. The van der Waals surface area contributed by atoms with Crippen molar-refractivity contribution in [1.29, 1.82) is 0 Å². The monoisotopic (exact) mass is 381 g/mol. The van der Waals surface area contributed by atoms with E-state index in [0.29, 0.717) is 18.0 Å². The van der Waals surface area contributed by atoms with Crippen molar-refractivity contribution in [3.05, 3.63) is 59.7 Å². The molecule has 5 nitrogen and oxygen atoms in total. The smallest absolute Gasteiger partial charge is 0.243 e. The quantitative estimate of drug-likeness (QED) is 0.826. The van der Waals surface area contributed by atoms with E-state index in [1.54, 1.807) is 16.4 Å². The van der Waals surface area contributed by atoms with Crippen LogP contribution >= 0.6 is 12.4 Å². The van der Waals surface area contributed by atoms with Gasteiger partial charge in [-0.1, -0.05) is 29.8 Å². The number of hydrogen-bond acceptors (Lipinski definition) is 4. The fourth-order valence-electron chi connectivity index (χ4n) is 2.94. The maximum absolute atomic E-state index is 12.7. The van der Waals surface area contributed by atoms with E-state index in [-0.39, 0.29) is 12.4 Å². The Kier molecular flexibility index (Phi) is 6.46. The Hall–Kier alpha value is -1.60. The lowest BCUT2D eigenvalue weighted by Gasteiger charge is -2.34. The fraction of sp³-hybridized carbons (Fsp3) is 0.333. The van der Waals surface area contributed by atoms with Gasteiger partial charge in [-0.05, 0) is 36.8 Å². The zero-order valence-corrected chi connectivity index (χ0v) is 15.9. The standard InChI is InChI=1S/C18H23N3O2S.ClH/c1-15-5-7-18(8-6-15)24(22,23)21-11-9-20(10-12-21)14-16-3-2-4-17(19)13-16;/h2-8,13H,9-12,14,19H2,1H3;1H. The van der Waals surface area contributed by atoms with Gasteiger partial charge in [-0.3, -0.25) is 4.90 Å². The number of sulfonamides is 1. The van der Waals surface area contributed by atoms with Crippen molar-refractivity contribution in [2.75, 3.05) is 31.9 Å². The molecular weight excluding hydrogens is 358 g/mol. The summed E-state index contributed by atoms with van der Waals surface area (Å²) in [6.45, 7) is 5.21. The second kappa shape index (κ2) is 8.19. The van der Waals surface area contributed by atoms with Gasteiger partial charge in [0.15, 0.2) is 0 Å². The van der Waals surface area contributed by atoms with Gasteiger partial charge in [0.2, 0.25) is 10.0 Å². The molecule has 0 unspecified atom stereocenters. The molecule has 1 fully saturated rings. The second-order valence-corrected chi connectivity index (χ2v) is 8.18. The number of rotatable bonds is 4. The zero-order valence-electron chi connectivity index (χ0n) is 14.3. The van der Waals surface area contributed by atoms with Crippen molar-refractivity contribution in [3.63, 3.8) is 0 Å². The van der Waals surface area contributed by atoms with Crippen molar-refractivity contribution >= 4 is 28.1 Å². The average Bonchev–Trinajstić information content (AvgIpc) is 2.56. The molecule has 1 aliphatic rings. The highest BCUT2D eigenvalue weighted by Gasteiger charge is 2.28. The summed E-state index contributed by atoms with van der Waals surface area (Å²) in [4.78, 5) is 2.63. The molecule has 3 rings (SSSR count). The molecule has 25 heavy (non-hydrogen) atoms. The van der Waals surface area contributed by atoms with E-state index in [1.165, 1.54) is 0 Å². The van der Waals surface area contributed by atoms with E-state index < -0.39 is 10.0 Å². The summed E-state index contributed by atoms with van der Waals surface area (Å²) in [6.07, 6.45) is 0. The number of hydrogen-bond donors (Lipinski definition) is 1. The molecular formula is C18H24ClN3O2S. The first-order valence-electron chi connectivity index (χ1n) is 8.09. The van der Waals surface area contributed by atoms with Crippen LogP contribution < -0.4 is 5.73 Å². The van der Waals surface area contributed by atoms with Crippen molar-refractivity contribution in [2.45, 2.75) is 18.4 Å². The van der Waals surface area contributed by atoms with Gasteiger partial charge in [0.25, 0.3) is 0 Å². The number of aryl methyl sites for hydroxylation is 1. The summed E-state index contributed by atoms with van der Waals surface area (Å²) in [5, 5.41) is 0. The van der Waals surface area contributed by atoms with E-state index >= 15 is 0 Å². The Morgan fingerprint density at radius 1 is 1.00 bits per heavy atom. The average molecular weight is 382 g/mol. The van der Waals surface area contributed by atoms with Gasteiger partial charge in [0, 0.05) is 38.4 Å². The Labute approximate surface area is 155 Å². The molecule has 0 aliphatic carbocycles. The molecule has 0 amide bonds.